The summed E-state index contributed by atoms with van der Waals surface area (Å²) in [7, 11) is 0. The fraction of sp³-hybridized carbons (Fsp3) is 0.265. The number of halogens is 2. The molecule has 7 nitrogen and oxygen atoms in total. The molecule has 6 rings (SSSR count). The van der Waals surface area contributed by atoms with Gasteiger partial charge in [-0.15, -0.1) is 0 Å². The molecule has 3 aromatic carbocycles. The highest BCUT2D eigenvalue weighted by Gasteiger charge is 2.49. The van der Waals surface area contributed by atoms with E-state index in [1.165, 1.54) is 4.90 Å². The van der Waals surface area contributed by atoms with Crippen molar-refractivity contribution < 1.29 is 23.9 Å². The molecule has 218 valence electrons. The number of aromatic nitrogens is 1. The van der Waals surface area contributed by atoms with E-state index in [0.717, 1.165) is 19.3 Å². The summed E-state index contributed by atoms with van der Waals surface area (Å²) in [6, 6.07) is 19.0. The molecular weight excluding hydrogens is 632 g/mol. The van der Waals surface area contributed by atoms with Crippen molar-refractivity contribution in [3.63, 3.8) is 0 Å². The van der Waals surface area contributed by atoms with Crippen LogP contribution in [0.15, 0.2) is 71.2 Å². The van der Waals surface area contributed by atoms with Crippen LogP contribution in [-0.4, -0.2) is 35.2 Å². The molecule has 1 aliphatic carbocycles. The Balaban J connectivity index is 1.33. The van der Waals surface area contributed by atoms with Crippen molar-refractivity contribution >= 4 is 67.7 Å². The van der Waals surface area contributed by atoms with E-state index in [4.69, 9.17) is 21.3 Å². The van der Waals surface area contributed by atoms with E-state index in [1.54, 1.807) is 66.7 Å². The minimum absolute atomic E-state index is 0.135. The average Bonchev–Trinajstić information content (AvgIpc) is 3.27. The zero-order valence-corrected chi connectivity index (χ0v) is 25.9. The van der Waals surface area contributed by atoms with Crippen LogP contribution in [0.3, 0.4) is 0 Å². The number of ketones is 1. The molecular formula is C34H28BrClN2O5. The molecule has 0 radical (unpaired) electrons. The molecule has 0 spiro atoms. The van der Waals surface area contributed by atoms with Gasteiger partial charge in [-0.25, -0.2) is 9.78 Å². The first kappa shape index (κ1) is 29.2. The molecule has 0 bridgehead atoms. The number of nitrogens with zero attached hydrogens (tertiary/aromatic N) is 2. The summed E-state index contributed by atoms with van der Waals surface area (Å²) in [6.07, 6.45) is 2.42. The maximum absolute atomic E-state index is 13.4. The summed E-state index contributed by atoms with van der Waals surface area (Å²) >= 11 is 9.98. The molecule has 2 aliphatic rings. The van der Waals surface area contributed by atoms with Gasteiger partial charge >= 0.3 is 5.97 Å². The topological polar surface area (TPSA) is 93.6 Å². The number of carbonyl (C=O) groups is 4. The van der Waals surface area contributed by atoms with Crippen molar-refractivity contribution in [2.75, 3.05) is 11.5 Å². The van der Waals surface area contributed by atoms with Crippen LogP contribution in [0.2, 0.25) is 5.02 Å². The van der Waals surface area contributed by atoms with Gasteiger partial charge in [-0.1, -0.05) is 61.0 Å². The Hall–Kier alpha value is -3.88. The second-order valence-corrected chi connectivity index (χ2v) is 12.5. The van der Waals surface area contributed by atoms with E-state index in [2.05, 4.69) is 22.9 Å². The van der Waals surface area contributed by atoms with E-state index in [0.29, 0.717) is 54.4 Å². The number of hydrogen-bond donors (Lipinski definition) is 0. The Bertz CT molecular complexity index is 1790. The molecule has 43 heavy (non-hydrogen) atoms. The second-order valence-electron chi connectivity index (χ2n) is 11.3. The van der Waals surface area contributed by atoms with Gasteiger partial charge < -0.3 is 4.74 Å². The van der Waals surface area contributed by atoms with Gasteiger partial charge in [0.1, 0.15) is 0 Å². The highest BCUT2D eigenvalue weighted by Crippen LogP contribution is 2.42. The van der Waals surface area contributed by atoms with Gasteiger partial charge in [0.2, 0.25) is 11.8 Å². The van der Waals surface area contributed by atoms with Gasteiger partial charge in [0, 0.05) is 21.0 Å². The third kappa shape index (κ3) is 5.38. The number of aryl methyl sites for hydroxylation is 1. The molecule has 2 amide bonds. The number of anilines is 1. The lowest BCUT2D eigenvalue weighted by Crippen LogP contribution is -2.30. The number of benzene rings is 3. The molecule has 1 aliphatic heterocycles. The molecule has 2 heterocycles. The maximum atomic E-state index is 13.4. The summed E-state index contributed by atoms with van der Waals surface area (Å²) in [5.41, 5.74) is 3.53. The Labute approximate surface area is 262 Å². The number of Topliss-reactive ketones (excluding diaryl/α,β-unsaturated/α-hetero) is 1. The quantitative estimate of drug-likeness (QED) is 0.120. The summed E-state index contributed by atoms with van der Waals surface area (Å²) in [5, 5.41) is 0.990. The van der Waals surface area contributed by atoms with Crippen molar-refractivity contribution in [2.45, 2.75) is 33.1 Å². The lowest BCUT2D eigenvalue weighted by molar-refractivity contribution is -0.122. The second kappa shape index (κ2) is 11.7. The monoisotopic (exact) mass is 658 g/mol. The van der Waals surface area contributed by atoms with Crippen LogP contribution in [0.25, 0.3) is 22.2 Å². The highest BCUT2D eigenvalue weighted by atomic mass is 79.9. The SMILES string of the molecule is Cc1c(Cl)c(Br)cc2c(C(=O)OCC(=O)c3ccccc3)cc(-c3ccc(N4C(=O)C5CCC(C)CC5C4=O)cc3)nc12. The molecule has 3 unspecified atom stereocenters. The molecule has 2 fully saturated rings. The molecule has 4 aromatic rings. The van der Waals surface area contributed by atoms with Gasteiger partial charge in [-0.05, 0) is 77.9 Å². The van der Waals surface area contributed by atoms with E-state index in [-0.39, 0.29) is 35.0 Å². The molecule has 1 saturated heterocycles. The standard InChI is InChI=1S/C34H28BrClN2O5/c1-18-8-13-23-25(14-18)33(41)38(32(23)40)22-11-9-20(10-12-22)28-16-26(24-15-27(35)30(36)19(2)31(24)37-28)34(42)43-17-29(39)21-6-4-3-5-7-21/h3-7,9-12,15-16,18,23,25H,8,13-14,17H2,1-2H3. The molecule has 0 N–H and O–H groups in total. The van der Waals surface area contributed by atoms with Gasteiger partial charge in [0.25, 0.3) is 0 Å². The number of imide groups is 1. The van der Waals surface area contributed by atoms with E-state index in [1.807, 2.05) is 6.92 Å². The molecule has 9 heteroatoms. The predicted molar refractivity (Wildman–Crippen MR) is 168 cm³/mol. The summed E-state index contributed by atoms with van der Waals surface area (Å²) in [4.78, 5) is 58.5. The lowest BCUT2D eigenvalue weighted by atomic mass is 9.76. The van der Waals surface area contributed by atoms with E-state index >= 15 is 0 Å². The van der Waals surface area contributed by atoms with Gasteiger partial charge in [0.05, 0.1) is 39.3 Å². The highest BCUT2D eigenvalue weighted by molar-refractivity contribution is 9.10. The number of ether oxygens (including phenoxy) is 1. The van der Waals surface area contributed by atoms with Crippen molar-refractivity contribution in [3.8, 4) is 11.3 Å². The summed E-state index contributed by atoms with van der Waals surface area (Å²) < 4.78 is 6.07. The summed E-state index contributed by atoms with van der Waals surface area (Å²) in [5.74, 6) is -1.34. The zero-order chi connectivity index (χ0) is 30.4. The van der Waals surface area contributed by atoms with Crippen molar-refractivity contribution in [1.29, 1.82) is 0 Å². The van der Waals surface area contributed by atoms with Gasteiger partial charge in [-0.3, -0.25) is 19.3 Å². The number of amides is 2. The van der Waals surface area contributed by atoms with Crippen molar-refractivity contribution in [2.24, 2.45) is 17.8 Å². The first-order valence-electron chi connectivity index (χ1n) is 14.2. The number of hydrogen-bond acceptors (Lipinski definition) is 6. The van der Waals surface area contributed by atoms with Crippen LogP contribution in [-0.2, 0) is 14.3 Å². The Kier molecular flexibility index (Phi) is 7.92. The number of esters is 1. The van der Waals surface area contributed by atoms with Crippen LogP contribution < -0.4 is 4.90 Å². The Morgan fingerprint density at radius 3 is 2.42 bits per heavy atom. The van der Waals surface area contributed by atoms with Crippen LogP contribution >= 0.6 is 27.5 Å². The number of pyridine rings is 1. The average molecular weight is 660 g/mol. The van der Waals surface area contributed by atoms with Crippen LogP contribution in [0, 0.1) is 24.7 Å². The third-order valence-corrected chi connectivity index (χ3v) is 9.82. The maximum Gasteiger partial charge on any atom is 0.339 e. The minimum Gasteiger partial charge on any atom is -0.454 e. The first-order valence-corrected chi connectivity index (χ1v) is 15.3. The van der Waals surface area contributed by atoms with Crippen LogP contribution in [0.5, 0.6) is 0 Å². The van der Waals surface area contributed by atoms with Crippen molar-refractivity contribution in [3.05, 3.63) is 92.9 Å². The lowest BCUT2D eigenvalue weighted by Gasteiger charge is -2.25. The van der Waals surface area contributed by atoms with Gasteiger partial charge in [-0.2, -0.15) is 0 Å². The van der Waals surface area contributed by atoms with Gasteiger partial charge in [0.15, 0.2) is 12.4 Å². The normalized spacial score (nSPS) is 19.9. The van der Waals surface area contributed by atoms with E-state index in [9.17, 15) is 19.2 Å². The van der Waals surface area contributed by atoms with E-state index < -0.39 is 12.6 Å². The largest absolute Gasteiger partial charge is 0.454 e. The number of carbonyl (C=O) groups excluding carboxylic acids is 4. The van der Waals surface area contributed by atoms with Crippen molar-refractivity contribution in [1.82, 2.24) is 4.98 Å². The fourth-order valence-corrected chi connectivity index (χ4v) is 6.79. The Morgan fingerprint density at radius 2 is 1.70 bits per heavy atom. The number of rotatable bonds is 6. The van der Waals surface area contributed by atoms with Crippen LogP contribution in [0.1, 0.15) is 52.5 Å². The predicted octanol–water partition coefficient (Wildman–Crippen LogP) is 7.59. The molecule has 1 aromatic heterocycles. The van der Waals surface area contributed by atoms with Crippen LogP contribution in [0.4, 0.5) is 5.69 Å². The third-order valence-electron chi connectivity index (χ3n) is 8.48. The number of fused-ring (bicyclic) bond motifs is 2. The summed E-state index contributed by atoms with van der Waals surface area (Å²) in [6.45, 7) is 3.53. The Morgan fingerprint density at radius 1 is 1.00 bits per heavy atom. The zero-order valence-electron chi connectivity index (χ0n) is 23.6. The molecule has 3 atom stereocenters. The smallest absolute Gasteiger partial charge is 0.339 e. The minimum atomic E-state index is -0.673. The molecule has 1 saturated carbocycles. The fourth-order valence-electron chi connectivity index (χ4n) is 6.12. The first-order chi connectivity index (χ1) is 20.6.